The Morgan fingerprint density at radius 1 is 1.70 bits per heavy atom. The Balaban J connectivity index is 2.28. The Morgan fingerprint density at radius 2 is 2.50 bits per heavy atom. The molecule has 0 amide bonds. The van der Waals surface area contributed by atoms with Crippen LogP contribution >= 0.6 is 11.3 Å². The van der Waals surface area contributed by atoms with Crippen LogP contribution in [0.15, 0.2) is 17.5 Å². The molecule has 56 valence electrons. The van der Waals surface area contributed by atoms with Crippen molar-refractivity contribution in [3.8, 4) is 0 Å². The molecule has 1 aromatic heterocycles. The van der Waals surface area contributed by atoms with E-state index in [1.807, 2.05) is 13.0 Å². The van der Waals surface area contributed by atoms with Crippen LogP contribution in [0, 0.1) is 0 Å². The van der Waals surface area contributed by atoms with Gasteiger partial charge in [0.1, 0.15) is 0 Å². The molecule has 0 unspecified atom stereocenters. The maximum atomic E-state index is 8.96. The molecule has 2 heteroatoms. The van der Waals surface area contributed by atoms with E-state index in [1.54, 1.807) is 11.3 Å². The van der Waals surface area contributed by atoms with Crippen molar-refractivity contribution in [1.29, 1.82) is 0 Å². The van der Waals surface area contributed by atoms with Gasteiger partial charge in [-0.25, -0.2) is 0 Å². The molecular formula is C8H12OS. The van der Waals surface area contributed by atoms with Crippen molar-refractivity contribution < 1.29 is 5.11 Å². The van der Waals surface area contributed by atoms with Crippen LogP contribution in [0.5, 0.6) is 0 Å². The first kappa shape index (κ1) is 7.76. The SMILES string of the molecule is C[C@@H](O)CCc1cccs1. The first-order valence-corrected chi connectivity index (χ1v) is 4.37. The van der Waals surface area contributed by atoms with Crippen molar-refractivity contribution in [2.75, 3.05) is 0 Å². The lowest BCUT2D eigenvalue weighted by molar-refractivity contribution is 0.185. The van der Waals surface area contributed by atoms with Crippen LogP contribution in [0.25, 0.3) is 0 Å². The number of aryl methyl sites for hydroxylation is 1. The van der Waals surface area contributed by atoms with Crippen molar-refractivity contribution in [3.05, 3.63) is 22.4 Å². The number of rotatable bonds is 3. The first-order valence-electron chi connectivity index (χ1n) is 3.49. The predicted octanol–water partition coefficient (Wildman–Crippen LogP) is 2.06. The number of hydrogen-bond acceptors (Lipinski definition) is 2. The van der Waals surface area contributed by atoms with Crippen LogP contribution in [0.2, 0.25) is 0 Å². The van der Waals surface area contributed by atoms with Gasteiger partial charge in [-0.1, -0.05) is 6.07 Å². The molecule has 1 nitrogen and oxygen atoms in total. The summed E-state index contributed by atoms with van der Waals surface area (Å²) >= 11 is 1.75. The van der Waals surface area contributed by atoms with E-state index in [1.165, 1.54) is 4.88 Å². The van der Waals surface area contributed by atoms with Crippen LogP contribution in [0.1, 0.15) is 18.2 Å². The maximum Gasteiger partial charge on any atom is 0.0515 e. The van der Waals surface area contributed by atoms with Crippen molar-refractivity contribution in [2.45, 2.75) is 25.9 Å². The molecule has 0 aromatic carbocycles. The van der Waals surface area contributed by atoms with E-state index >= 15 is 0 Å². The Labute approximate surface area is 65.3 Å². The molecule has 0 saturated carbocycles. The minimum Gasteiger partial charge on any atom is -0.393 e. The van der Waals surface area contributed by atoms with Gasteiger partial charge in [0, 0.05) is 4.88 Å². The van der Waals surface area contributed by atoms with Crippen molar-refractivity contribution in [1.82, 2.24) is 0 Å². The monoisotopic (exact) mass is 156 g/mol. The highest BCUT2D eigenvalue weighted by molar-refractivity contribution is 7.09. The standard InChI is InChI=1S/C8H12OS/c1-7(9)4-5-8-3-2-6-10-8/h2-3,6-7,9H,4-5H2,1H3/t7-/m1/s1. The van der Waals surface area contributed by atoms with Crippen molar-refractivity contribution in [2.24, 2.45) is 0 Å². The topological polar surface area (TPSA) is 20.2 Å². The average molecular weight is 156 g/mol. The highest BCUT2D eigenvalue weighted by Crippen LogP contribution is 2.11. The van der Waals surface area contributed by atoms with E-state index in [9.17, 15) is 0 Å². The molecule has 1 rings (SSSR count). The lowest BCUT2D eigenvalue weighted by Crippen LogP contribution is -1.99. The highest BCUT2D eigenvalue weighted by atomic mass is 32.1. The normalized spacial score (nSPS) is 13.4. The molecule has 0 fully saturated rings. The molecule has 10 heavy (non-hydrogen) atoms. The van der Waals surface area contributed by atoms with Crippen LogP contribution in [0.3, 0.4) is 0 Å². The zero-order chi connectivity index (χ0) is 7.40. The van der Waals surface area contributed by atoms with E-state index in [2.05, 4.69) is 11.4 Å². The summed E-state index contributed by atoms with van der Waals surface area (Å²) < 4.78 is 0. The van der Waals surface area contributed by atoms with Gasteiger partial charge in [-0.15, -0.1) is 11.3 Å². The molecule has 0 aliphatic carbocycles. The average Bonchev–Trinajstić information content (AvgIpc) is 2.34. The smallest absolute Gasteiger partial charge is 0.0515 e. The zero-order valence-electron chi connectivity index (χ0n) is 6.08. The second-order valence-electron chi connectivity index (χ2n) is 2.47. The third-order valence-corrected chi connectivity index (χ3v) is 2.32. The fraction of sp³-hybridized carbons (Fsp3) is 0.500. The molecule has 0 spiro atoms. The van der Waals surface area contributed by atoms with E-state index in [0.29, 0.717) is 0 Å². The summed E-state index contributed by atoms with van der Waals surface area (Å²) in [6, 6.07) is 4.15. The van der Waals surface area contributed by atoms with Gasteiger partial charge in [0.25, 0.3) is 0 Å². The summed E-state index contributed by atoms with van der Waals surface area (Å²) in [7, 11) is 0. The highest BCUT2D eigenvalue weighted by Gasteiger charge is 1.97. The van der Waals surface area contributed by atoms with Gasteiger partial charge in [0.2, 0.25) is 0 Å². The maximum absolute atomic E-state index is 8.96. The number of thiophene rings is 1. The fourth-order valence-corrected chi connectivity index (χ4v) is 1.53. The van der Waals surface area contributed by atoms with Crippen LogP contribution < -0.4 is 0 Å². The van der Waals surface area contributed by atoms with Crippen LogP contribution in [0.4, 0.5) is 0 Å². The van der Waals surface area contributed by atoms with Crippen molar-refractivity contribution >= 4 is 11.3 Å². The molecule has 0 bridgehead atoms. The second kappa shape index (κ2) is 3.74. The molecule has 1 aromatic rings. The van der Waals surface area contributed by atoms with Gasteiger partial charge < -0.3 is 5.11 Å². The molecule has 0 aliphatic heterocycles. The van der Waals surface area contributed by atoms with E-state index < -0.39 is 0 Å². The van der Waals surface area contributed by atoms with Crippen LogP contribution in [-0.2, 0) is 6.42 Å². The summed E-state index contributed by atoms with van der Waals surface area (Å²) in [6.07, 6.45) is 1.72. The van der Waals surface area contributed by atoms with E-state index in [4.69, 9.17) is 5.11 Å². The van der Waals surface area contributed by atoms with Gasteiger partial charge in [0.05, 0.1) is 6.10 Å². The summed E-state index contributed by atoms with van der Waals surface area (Å²) in [6.45, 7) is 1.83. The lowest BCUT2D eigenvalue weighted by atomic mass is 10.2. The van der Waals surface area contributed by atoms with Gasteiger partial charge >= 0.3 is 0 Å². The first-order chi connectivity index (χ1) is 4.79. The third kappa shape index (κ3) is 2.50. The second-order valence-corrected chi connectivity index (χ2v) is 3.50. The Hall–Kier alpha value is -0.340. The largest absolute Gasteiger partial charge is 0.393 e. The molecular weight excluding hydrogens is 144 g/mol. The Morgan fingerprint density at radius 3 is 3.00 bits per heavy atom. The van der Waals surface area contributed by atoms with Crippen LogP contribution in [-0.4, -0.2) is 11.2 Å². The number of aliphatic hydroxyl groups excluding tert-OH is 1. The summed E-state index contributed by atoms with van der Waals surface area (Å²) in [5.41, 5.74) is 0. The predicted molar refractivity (Wildman–Crippen MR) is 44.3 cm³/mol. The Kier molecular flexibility index (Phi) is 2.90. The molecule has 0 aliphatic rings. The third-order valence-electron chi connectivity index (χ3n) is 1.39. The van der Waals surface area contributed by atoms with Crippen molar-refractivity contribution in [3.63, 3.8) is 0 Å². The molecule has 1 atom stereocenters. The van der Waals surface area contributed by atoms with Gasteiger partial charge in [-0.3, -0.25) is 0 Å². The zero-order valence-corrected chi connectivity index (χ0v) is 6.90. The minimum absolute atomic E-state index is 0.165. The molecule has 0 radical (unpaired) electrons. The summed E-state index contributed by atoms with van der Waals surface area (Å²) in [4.78, 5) is 1.36. The molecule has 1 heterocycles. The molecule has 1 N–H and O–H groups in total. The minimum atomic E-state index is -0.165. The lowest BCUT2D eigenvalue weighted by Gasteiger charge is -1.99. The fourth-order valence-electron chi connectivity index (χ4n) is 0.806. The van der Waals surface area contributed by atoms with Gasteiger partial charge in [-0.05, 0) is 31.2 Å². The number of hydrogen-bond donors (Lipinski definition) is 1. The quantitative estimate of drug-likeness (QED) is 0.710. The van der Waals surface area contributed by atoms with E-state index in [-0.39, 0.29) is 6.10 Å². The van der Waals surface area contributed by atoms with Gasteiger partial charge in [0.15, 0.2) is 0 Å². The van der Waals surface area contributed by atoms with Gasteiger partial charge in [-0.2, -0.15) is 0 Å². The summed E-state index contributed by atoms with van der Waals surface area (Å²) in [5.74, 6) is 0. The Bertz CT molecular complexity index is 167. The van der Waals surface area contributed by atoms with E-state index in [0.717, 1.165) is 12.8 Å². The summed E-state index contributed by atoms with van der Waals surface area (Å²) in [5, 5.41) is 11.0. The molecule has 0 saturated heterocycles. The number of aliphatic hydroxyl groups is 1.